The Bertz CT molecular complexity index is 571. The van der Waals surface area contributed by atoms with E-state index in [0.29, 0.717) is 17.8 Å². The van der Waals surface area contributed by atoms with E-state index >= 15 is 0 Å². The summed E-state index contributed by atoms with van der Waals surface area (Å²) in [4.78, 5) is 18.9. The van der Waals surface area contributed by atoms with E-state index < -0.39 is 0 Å². The van der Waals surface area contributed by atoms with Crippen molar-refractivity contribution in [1.82, 2.24) is 24.5 Å². The molecule has 0 saturated carbocycles. The Kier molecular flexibility index (Phi) is 3.46. The number of imidazole rings is 1. The predicted molar refractivity (Wildman–Crippen MR) is 73.6 cm³/mol. The third-order valence-electron chi connectivity index (χ3n) is 3.34. The second kappa shape index (κ2) is 5.41. The van der Waals surface area contributed by atoms with Crippen LogP contribution in [0.4, 0.5) is 11.9 Å². The van der Waals surface area contributed by atoms with Gasteiger partial charge in [0.05, 0.1) is 6.61 Å². The molecule has 0 spiro atoms. The molecule has 2 aromatic heterocycles. The zero-order valence-electron chi connectivity index (χ0n) is 11.3. The van der Waals surface area contributed by atoms with E-state index in [9.17, 15) is 0 Å². The third-order valence-corrected chi connectivity index (χ3v) is 3.34. The van der Waals surface area contributed by atoms with Crippen LogP contribution in [-0.2, 0) is 4.74 Å². The Morgan fingerprint density at radius 3 is 2.95 bits per heavy atom. The van der Waals surface area contributed by atoms with Crippen LogP contribution in [-0.4, -0.2) is 51.3 Å². The van der Waals surface area contributed by atoms with Gasteiger partial charge >= 0.3 is 0 Å². The number of nitrogens with zero attached hydrogens (tertiary/aromatic N) is 6. The highest BCUT2D eigenvalue weighted by Crippen LogP contribution is 2.21. The number of rotatable bonds is 4. The zero-order chi connectivity index (χ0) is 13.9. The Hall–Kier alpha value is -2.22. The molecule has 8 nitrogen and oxygen atoms in total. The van der Waals surface area contributed by atoms with Crippen LogP contribution in [0, 0.1) is 5.92 Å². The van der Waals surface area contributed by atoms with Gasteiger partial charge in [0.2, 0.25) is 17.8 Å². The fraction of sp³-hybridized carbons (Fsp3) is 0.500. The van der Waals surface area contributed by atoms with E-state index in [-0.39, 0.29) is 5.95 Å². The van der Waals surface area contributed by atoms with E-state index in [2.05, 4.69) is 24.8 Å². The van der Waals surface area contributed by atoms with Gasteiger partial charge in [0.25, 0.3) is 0 Å². The van der Waals surface area contributed by atoms with Gasteiger partial charge in [-0.15, -0.1) is 0 Å². The third kappa shape index (κ3) is 2.55. The van der Waals surface area contributed by atoms with Crippen molar-refractivity contribution in [2.45, 2.75) is 6.42 Å². The highest BCUT2D eigenvalue weighted by Gasteiger charge is 2.25. The molecule has 106 valence electrons. The number of methoxy groups -OCH3 is 1. The number of ether oxygens (including phenoxy) is 1. The highest BCUT2D eigenvalue weighted by atomic mass is 16.5. The summed E-state index contributed by atoms with van der Waals surface area (Å²) < 4.78 is 6.91. The molecular formula is C12H17N7O. The van der Waals surface area contributed by atoms with Crippen molar-refractivity contribution < 1.29 is 4.74 Å². The SMILES string of the molecule is COCC1CCN(c2nc(N)nc(-n3ccnc3)n2)C1. The number of hydrogen-bond acceptors (Lipinski definition) is 7. The Morgan fingerprint density at radius 2 is 2.20 bits per heavy atom. The first-order valence-corrected chi connectivity index (χ1v) is 6.50. The van der Waals surface area contributed by atoms with Crippen LogP contribution in [0.3, 0.4) is 0 Å². The molecule has 3 heterocycles. The van der Waals surface area contributed by atoms with Crippen molar-refractivity contribution in [2.24, 2.45) is 5.92 Å². The minimum absolute atomic E-state index is 0.217. The molecule has 0 amide bonds. The van der Waals surface area contributed by atoms with Gasteiger partial charge in [-0.05, 0) is 6.42 Å². The topological polar surface area (TPSA) is 95.0 Å². The van der Waals surface area contributed by atoms with Crippen molar-refractivity contribution in [3.8, 4) is 5.95 Å². The molecule has 1 aliphatic heterocycles. The summed E-state index contributed by atoms with van der Waals surface area (Å²) in [6, 6.07) is 0. The molecular weight excluding hydrogens is 258 g/mol. The van der Waals surface area contributed by atoms with Gasteiger partial charge in [-0.3, -0.25) is 4.57 Å². The van der Waals surface area contributed by atoms with Crippen molar-refractivity contribution in [1.29, 1.82) is 0 Å². The molecule has 8 heteroatoms. The first-order chi connectivity index (χ1) is 9.76. The van der Waals surface area contributed by atoms with Gasteiger partial charge in [0, 0.05) is 38.5 Å². The van der Waals surface area contributed by atoms with Crippen molar-refractivity contribution in [2.75, 3.05) is 37.4 Å². The van der Waals surface area contributed by atoms with E-state index in [4.69, 9.17) is 10.5 Å². The van der Waals surface area contributed by atoms with Gasteiger partial charge in [0.1, 0.15) is 6.33 Å². The lowest BCUT2D eigenvalue weighted by atomic mass is 10.1. The molecule has 1 aliphatic rings. The Morgan fingerprint density at radius 1 is 1.35 bits per heavy atom. The van der Waals surface area contributed by atoms with Crippen LogP contribution >= 0.6 is 0 Å². The standard InChI is InChI=1S/C12H17N7O/c1-20-7-9-2-4-18(6-9)11-15-10(13)16-12(17-11)19-5-3-14-8-19/h3,5,8-9H,2,4,6-7H2,1H3,(H2,13,15,16,17). The average Bonchev–Trinajstić information content (AvgIpc) is 3.09. The van der Waals surface area contributed by atoms with Gasteiger partial charge < -0.3 is 15.4 Å². The van der Waals surface area contributed by atoms with Crippen LogP contribution in [0.25, 0.3) is 5.95 Å². The predicted octanol–water partition coefficient (Wildman–Crippen LogP) is 0.112. The quantitative estimate of drug-likeness (QED) is 0.846. The van der Waals surface area contributed by atoms with E-state index in [1.807, 2.05) is 0 Å². The normalized spacial score (nSPS) is 18.6. The monoisotopic (exact) mass is 275 g/mol. The fourth-order valence-electron chi connectivity index (χ4n) is 2.39. The molecule has 0 radical (unpaired) electrons. The average molecular weight is 275 g/mol. The number of nitrogen functional groups attached to an aromatic ring is 1. The maximum absolute atomic E-state index is 5.78. The smallest absolute Gasteiger partial charge is 0.241 e. The molecule has 1 atom stereocenters. The van der Waals surface area contributed by atoms with Crippen molar-refractivity contribution >= 4 is 11.9 Å². The van der Waals surface area contributed by atoms with Crippen LogP contribution in [0.1, 0.15) is 6.42 Å². The molecule has 1 unspecified atom stereocenters. The number of anilines is 2. The fourth-order valence-corrected chi connectivity index (χ4v) is 2.39. The molecule has 3 rings (SSSR count). The maximum atomic E-state index is 5.78. The molecule has 2 aromatic rings. The number of aromatic nitrogens is 5. The first kappa shape index (κ1) is 12.8. The van der Waals surface area contributed by atoms with Crippen LogP contribution in [0.15, 0.2) is 18.7 Å². The van der Waals surface area contributed by atoms with Crippen LogP contribution in [0.2, 0.25) is 0 Å². The molecule has 0 aliphatic carbocycles. The lowest BCUT2D eigenvalue weighted by molar-refractivity contribution is 0.161. The van der Waals surface area contributed by atoms with Crippen molar-refractivity contribution in [3.05, 3.63) is 18.7 Å². The lowest BCUT2D eigenvalue weighted by Gasteiger charge is -2.17. The Labute approximate surface area is 116 Å². The van der Waals surface area contributed by atoms with E-state index in [1.165, 1.54) is 0 Å². The largest absolute Gasteiger partial charge is 0.384 e. The van der Waals surface area contributed by atoms with Crippen LogP contribution < -0.4 is 10.6 Å². The van der Waals surface area contributed by atoms with Gasteiger partial charge in [-0.25, -0.2) is 4.98 Å². The minimum Gasteiger partial charge on any atom is -0.384 e. The van der Waals surface area contributed by atoms with Gasteiger partial charge in [-0.1, -0.05) is 0 Å². The van der Waals surface area contributed by atoms with Crippen molar-refractivity contribution in [3.63, 3.8) is 0 Å². The molecule has 2 N–H and O–H groups in total. The molecule has 1 fully saturated rings. The number of nitrogens with two attached hydrogens (primary N) is 1. The zero-order valence-corrected chi connectivity index (χ0v) is 11.3. The molecule has 20 heavy (non-hydrogen) atoms. The maximum Gasteiger partial charge on any atom is 0.241 e. The summed E-state index contributed by atoms with van der Waals surface area (Å²) in [6.07, 6.45) is 6.15. The number of hydrogen-bond donors (Lipinski definition) is 1. The molecule has 0 bridgehead atoms. The summed E-state index contributed by atoms with van der Waals surface area (Å²) in [5, 5.41) is 0. The van der Waals surface area contributed by atoms with Gasteiger partial charge in [-0.2, -0.15) is 15.0 Å². The summed E-state index contributed by atoms with van der Waals surface area (Å²) in [5.74, 6) is 1.82. The Balaban J connectivity index is 1.84. The van der Waals surface area contributed by atoms with E-state index in [0.717, 1.165) is 26.1 Å². The van der Waals surface area contributed by atoms with E-state index in [1.54, 1.807) is 30.4 Å². The lowest BCUT2D eigenvalue weighted by Crippen LogP contribution is -2.24. The minimum atomic E-state index is 0.217. The molecule has 0 aromatic carbocycles. The van der Waals surface area contributed by atoms with Gasteiger partial charge in [0.15, 0.2) is 0 Å². The second-order valence-electron chi connectivity index (χ2n) is 4.82. The summed E-state index contributed by atoms with van der Waals surface area (Å²) in [6.45, 7) is 2.53. The second-order valence-corrected chi connectivity index (χ2v) is 4.82. The van der Waals surface area contributed by atoms with Crippen LogP contribution in [0.5, 0.6) is 0 Å². The summed E-state index contributed by atoms with van der Waals surface area (Å²) >= 11 is 0. The summed E-state index contributed by atoms with van der Waals surface area (Å²) in [7, 11) is 1.72. The molecule has 1 saturated heterocycles. The summed E-state index contributed by atoms with van der Waals surface area (Å²) in [5.41, 5.74) is 5.78. The first-order valence-electron chi connectivity index (χ1n) is 6.50. The highest BCUT2D eigenvalue weighted by molar-refractivity contribution is 5.39.